The molecule has 0 unspecified atom stereocenters. The van der Waals surface area contributed by atoms with Crippen molar-refractivity contribution in [2.45, 2.75) is 19.3 Å². The molecule has 0 aliphatic rings. The third-order valence-corrected chi connectivity index (χ3v) is 4.03. The maximum absolute atomic E-state index is 11.9. The number of aromatic nitrogens is 1. The predicted octanol–water partition coefficient (Wildman–Crippen LogP) is 3.25. The molecule has 2 amide bonds. The quantitative estimate of drug-likeness (QED) is 0.620. The molecule has 3 aromatic rings. The monoisotopic (exact) mass is 335 g/mol. The summed E-state index contributed by atoms with van der Waals surface area (Å²) in [6, 6.07) is 17.3. The summed E-state index contributed by atoms with van der Waals surface area (Å²) in [5.74, 6) is -0.334. The van der Waals surface area contributed by atoms with Crippen molar-refractivity contribution in [3.63, 3.8) is 0 Å². The number of hydrogen-bond acceptors (Lipinski definition) is 2. The average molecular weight is 335 g/mol. The number of anilines is 1. The minimum Gasteiger partial charge on any atom is -0.361 e. The van der Waals surface area contributed by atoms with Crippen molar-refractivity contribution in [1.29, 1.82) is 0 Å². The molecule has 0 radical (unpaired) electrons. The Morgan fingerprint density at radius 2 is 1.68 bits per heavy atom. The Morgan fingerprint density at radius 3 is 2.52 bits per heavy atom. The first-order chi connectivity index (χ1) is 12.2. The van der Waals surface area contributed by atoms with E-state index in [1.54, 1.807) is 12.1 Å². The number of fused-ring (bicyclic) bond motifs is 1. The second-order valence-corrected chi connectivity index (χ2v) is 5.90. The number of H-pyrrole nitrogens is 1. The fourth-order valence-corrected chi connectivity index (χ4v) is 2.77. The van der Waals surface area contributed by atoms with Gasteiger partial charge in [0.05, 0.1) is 6.54 Å². The summed E-state index contributed by atoms with van der Waals surface area (Å²) < 4.78 is 0. The summed E-state index contributed by atoms with van der Waals surface area (Å²) in [4.78, 5) is 26.9. The molecule has 0 saturated carbocycles. The molecule has 5 heteroatoms. The Balaban J connectivity index is 1.39. The Labute approximate surface area is 146 Å². The van der Waals surface area contributed by atoms with Gasteiger partial charge in [0.2, 0.25) is 11.8 Å². The Hall–Kier alpha value is -3.08. The van der Waals surface area contributed by atoms with Gasteiger partial charge in [-0.15, -0.1) is 0 Å². The molecule has 3 N–H and O–H groups in total. The number of aryl methyl sites for hydroxylation is 1. The van der Waals surface area contributed by atoms with Gasteiger partial charge in [0.25, 0.3) is 0 Å². The minimum absolute atomic E-state index is 0.0131. The lowest BCUT2D eigenvalue weighted by atomic mass is 10.1. The van der Waals surface area contributed by atoms with E-state index >= 15 is 0 Å². The molecule has 0 bridgehead atoms. The van der Waals surface area contributed by atoms with Crippen LogP contribution in [-0.2, 0) is 16.0 Å². The molecule has 25 heavy (non-hydrogen) atoms. The lowest BCUT2D eigenvalue weighted by Crippen LogP contribution is -2.32. The number of carbonyl (C=O) groups is 2. The second-order valence-electron chi connectivity index (χ2n) is 5.90. The van der Waals surface area contributed by atoms with Crippen LogP contribution in [0.3, 0.4) is 0 Å². The molecule has 0 saturated heterocycles. The zero-order chi connectivity index (χ0) is 17.5. The summed E-state index contributed by atoms with van der Waals surface area (Å²) in [5.41, 5.74) is 3.05. The van der Waals surface area contributed by atoms with Crippen LogP contribution in [0.25, 0.3) is 10.9 Å². The van der Waals surface area contributed by atoms with Gasteiger partial charge in [0, 0.05) is 29.2 Å². The van der Waals surface area contributed by atoms with Gasteiger partial charge in [-0.3, -0.25) is 9.59 Å². The lowest BCUT2D eigenvalue weighted by molar-refractivity contribution is -0.124. The van der Waals surface area contributed by atoms with Crippen LogP contribution in [-0.4, -0.2) is 23.3 Å². The zero-order valence-electron chi connectivity index (χ0n) is 13.9. The average Bonchev–Trinajstić information content (AvgIpc) is 3.04. The second kappa shape index (κ2) is 8.15. The van der Waals surface area contributed by atoms with Crippen LogP contribution >= 0.6 is 0 Å². The SMILES string of the molecule is O=C(CCCc1c[nH]c2ccccc12)NCC(=O)Nc1ccccc1. The highest BCUT2D eigenvalue weighted by atomic mass is 16.2. The van der Waals surface area contributed by atoms with Gasteiger partial charge in [0.1, 0.15) is 0 Å². The van der Waals surface area contributed by atoms with E-state index < -0.39 is 0 Å². The van der Waals surface area contributed by atoms with Gasteiger partial charge in [-0.25, -0.2) is 0 Å². The number of benzene rings is 2. The Kier molecular flexibility index (Phi) is 5.46. The van der Waals surface area contributed by atoms with Gasteiger partial charge in [-0.05, 0) is 36.6 Å². The van der Waals surface area contributed by atoms with Crippen LogP contribution in [0.15, 0.2) is 60.8 Å². The molecule has 0 atom stereocenters. The number of aromatic amines is 1. The fourth-order valence-electron chi connectivity index (χ4n) is 2.77. The van der Waals surface area contributed by atoms with Crippen molar-refractivity contribution >= 4 is 28.4 Å². The third-order valence-electron chi connectivity index (χ3n) is 4.03. The Morgan fingerprint density at radius 1 is 0.920 bits per heavy atom. The minimum atomic E-state index is -0.226. The highest BCUT2D eigenvalue weighted by Gasteiger charge is 2.07. The maximum Gasteiger partial charge on any atom is 0.243 e. The van der Waals surface area contributed by atoms with Crippen molar-refractivity contribution < 1.29 is 9.59 Å². The molecule has 0 fully saturated rings. The van der Waals surface area contributed by atoms with E-state index in [0.717, 1.165) is 24.0 Å². The van der Waals surface area contributed by atoms with Crippen LogP contribution in [0.1, 0.15) is 18.4 Å². The smallest absolute Gasteiger partial charge is 0.243 e. The van der Waals surface area contributed by atoms with Crippen LogP contribution < -0.4 is 10.6 Å². The van der Waals surface area contributed by atoms with E-state index in [9.17, 15) is 9.59 Å². The van der Waals surface area contributed by atoms with Crippen molar-refractivity contribution in [3.05, 3.63) is 66.4 Å². The number of rotatable bonds is 7. The van der Waals surface area contributed by atoms with Crippen molar-refractivity contribution in [3.8, 4) is 0 Å². The normalized spacial score (nSPS) is 10.6. The number of hydrogen-bond donors (Lipinski definition) is 3. The molecule has 2 aromatic carbocycles. The zero-order valence-corrected chi connectivity index (χ0v) is 13.9. The highest BCUT2D eigenvalue weighted by molar-refractivity contribution is 5.94. The van der Waals surface area contributed by atoms with Crippen molar-refractivity contribution in [1.82, 2.24) is 10.3 Å². The van der Waals surface area contributed by atoms with Gasteiger partial charge < -0.3 is 15.6 Å². The topological polar surface area (TPSA) is 74.0 Å². The van der Waals surface area contributed by atoms with Gasteiger partial charge in [-0.2, -0.15) is 0 Å². The molecule has 3 rings (SSSR count). The molecule has 5 nitrogen and oxygen atoms in total. The number of amides is 2. The van der Waals surface area contributed by atoms with Crippen molar-refractivity contribution in [2.24, 2.45) is 0 Å². The molecular weight excluding hydrogens is 314 g/mol. The summed E-state index contributed by atoms with van der Waals surface area (Å²) in [6.07, 6.45) is 3.97. The fraction of sp³-hybridized carbons (Fsp3) is 0.200. The van der Waals surface area contributed by atoms with Gasteiger partial charge in [0.15, 0.2) is 0 Å². The largest absolute Gasteiger partial charge is 0.361 e. The van der Waals surface area contributed by atoms with Gasteiger partial charge in [-0.1, -0.05) is 36.4 Å². The van der Waals surface area contributed by atoms with Crippen LogP contribution in [0.5, 0.6) is 0 Å². The Bertz CT molecular complexity index is 856. The first kappa shape index (κ1) is 16.8. The highest BCUT2D eigenvalue weighted by Crippen LogP contribution is 2.19. The molecule has 0 aliphatic carbocycles. The molecule has 1 heterocycles. The molecule has 1 aromatic heterocycles. The number of nitrogens with one attached hydrogen (secondary N) is 3. The number of carbonyl (C=O) groups excluding carboxylic acids is 2. The molecular formula is C20H21N3O2. The molecule has 128 valence electrons. The van der Waals surface area contributed by atoms with E-state index in [2.05, 4.69) is 21.7 Å². The standard InChI is InChI=1S/C20H21N3O2/c24-19(22-14-20(25)23-16-8-2-1-3-9-16)12-6-7-15-13-21-18-11-5-4-10-17(15)18/h1-5,8-11,13,21H,6-7,12,14H2,(H,22,24)(H,23,25). The summed E-state index contributed by atoms with van der Waals surface area (Å²) in [5, 5.41) is 6.60. The van der Waals surface area contributed by atoms with E-state index in [1.165, 1.54) is 10.9 Å². The number of para-hydroxylation sites is 2. The summed E-state index contributed by atoms with van der Waals surface area (Å²) in [7, 11) is 0. The maximum atomic E-state index is 11.9. The van der Waals surface area contributed by atoms with E-state index in [0.29, 0.717) is 6.42 Å². The summed E-state index contributed by atoms with van der Waals surface area (Å²) >= 11 is 0. The predicted molar refractivity (Wildman–Crippen MR) is 99.3 cm³/mol. The van der Waals surface area contributed by atoms with E-state index in [-0.39, 0.29) is 18.4 Å². The van der Waals surface area contributed by atoms with Gasteiger partial charge >= 0.3 is 0 Å². The molecule has 0 aliphatic heterocycles. The van der Waals surface area contributed by atoms with E-state index in [1.807, 2.05) is 42.6 Å². The lowest BCUT2D eigenvalue weighted by Gasteiger charge is -2.07. The van der Waals surface area contributed by atoms with Crippen LogP contribution in [0.4, 0.5) is 5.69 Å². The van der Waals surface area contributed by atoms with Crippen molar-refractivity contribution in [2.75, 3.05) is 11.9 Å². The third kappa shape index (κ3) is 4.70. The van der Waals surface area contributed by atoms with E-state index in [4.69, 9.17) is 0 Å². The first-order valence-electron chi connectivity index (χ1n) is 8.39. The van der Waals surface area contributed by atoms with Crippen LogP contribution in [0, 0.1) is 0 Å². The summed E-state index contributed by atoms with van der Waals surface area (Å²) in [6.45, 7) is -0.0131. The first-order valence-corrected chi connectivity index (χ1v) is 8.39. The van der Waals surface area contributed by atoms with Crippen LogP contribution in [0.2, 0.25) is 0 Å². The molecule has 0 spiro atoms.